The van der Waals surface area contributed by atoms with Gasteiger partial charge in [-0.3, -0.25) is 4.79 Å². The van der Waals surface area contributed by atoms with Gasteiger partial charge in [0.1, 0.15) is 5.75 Å². The quantitative estimate of drug-likeness (QED) is 0.235. The van der Waals surface area contributed by atoms with E-state index in [2.05, 4.69) is 26.5 Å². The molecule has 3 rings (SSSR count). The Kier molecular flexibility index (Phi) is 6.80. The Bertz CT molecular complexity index is 1100. The minimum atomic E-state index is -0.587. The van der Waals surface area contributed by atoms with Gasteiger partial charge >= 0.3 is 5.97 Å². The number of amides is 1. The number of esters is 1. The van der Waals surface area contributed by atoms with Gasteiger partial charge in [0.25, 0.3) is 5.91 Å². The number of aryl methyl sites for hydroxylation is 1. The van der Waals surface area contributed by atoms with Crippen molar-refractivity contribution in [2.24, 2.45) is 5.10 Å². The first kappa shape index (κ1) is 20.8. The predicted molar refractivity (Wildman–Crippen MR) is 117 cm³/mol. The van der Waals surface area contributed by atoms with E-state index in [-0.39, 0.29) is 17.2 Å². The predicted octanol–water partition coefficient (Wildman–Crippen LogP) is 5.39. The van der Waals surface area contributed by atoms with Crippen molar-refractivity contribution in [3.63, 3.8) is 0 Å². The van der Waals surface area contributed by atoms with Crippen LogP contribution in [0.4, 0.5) is 0 Å². The second kappa shape index (κ2) is 9.49. The molecule has 0 heterocycles. The maximum absolute atomic E-state index is 12.4. The molecule has 0 fully saturated rings. The molecule has 0 atom stereocenters. The molecule has 0 saturated heterocycles. The Morgan fingerprint density at radius 1 is 1.07 bits per heavy atom. The molecule has 3 aromatic rings. The number of benzene rings is 3. The van der Waals surface area contributed by atoms with Crippen LogP contribution in [-0.4, -0.2) is 18.1 Å². The van der Waals surface area contributed by atoms with Gasteiger partial charge in [-0.25, -0.2) is 10.2 Å². The van der Waals surface area contributed by atoms with Crippen molar-refractivity contribution in [1.29, 1.82) is 0 Å². The van der Waals surface area contributed by atoms with Gasteiger partial charge in [0.15, 0.2) is 0 Å². The second-order valence-electron chi connectivity index (χ2n) is 6.12. The van der Waals surface area contributed by atoms with Crippen molar-refractivity contribution in [1.82, 2.24) is 5.43 Å². The van der Waals surface area contributed by atoms with Gasteiger partial charge in [-0.15, -0.1) is 0 Å². The summed E-state index contributed by atoms with van der Waals surface area (Å²) in [6.45, 7) is 1.90. The highest BCUT2D eigenvalue weighted by Gasteiger charge is 2.14. The lowest BCUT2D eigenvalue weighted by Gasteiger charge is -2.09. The summed E-state index contributed by atoms with van der Waals surface area (Å²) in [6.07, 6.45) is 1.41. The van der Waals surface area contributed by atoms with E-state index < -0.39 is 5.97 Å². The van der Waals surface area contributed by atoms with Gasteiger partial charge in [0, 0.05) is 15.6 Å². The van der Waals surface area contributed by atoms with Gasteiger partial charge < -0.3 is 4.74 Å². The van der Waals surface area contributed by atoms with Crippen LogP contribution in [-0.2, 0) is 0 Å². The van der Waals surface area contributed by atoms with Crippen molar-refractivity contribution in [2.75, 3.05) is 0 Å². The molecule has 0 bridgehead atoms. The molecule has 0 aliphatic carbocycles. The van der Waals surface area contributed by atoms with Crippen LogP contribution < -0.4 is 10.2 Å². The maximum Gasteiger partial charge on any atom is 0.345 e. The fourth-order valence-corrected chi connectivity index (χ4v) is 3.10. The van der Waals surface area contributed by atoms with Gasteiger partial charge in [-0.2, -0.15) is 5.10 Å². The topological polar surface area (TPSA) is 67.8 Å². The average Bonchev–Trinajstić information content (AvgIpc) is 2.70. The van der Waals surface area contributed by atoms with Crippen LogP contribution >= 0.6 is 27.5 Å². The molecular formula is C22H16BrClN2O3. The molecule has 0 aromatic heterocycles. The molecule has 3 aromatic carbocycles. The zero-order chi connectivity index (χ0) is 20.8. The van der Waals surface area contributed by atoms with Gasteiger partial charge in [0.05, 0.1) is 16.8 Å². The normalized spacial score (nSPS) is 10.7. The summed E-state index contributed by atoms with van der Waals surface area (Å²) in [4.78, 5) is 24.6. The first-order chi connectivity index (χ1) is 13.9. The molecule has 0 aliphatic rings. The van der Waals surface area contributed by atoms with E-state index in [1.165, 1.54) is 6.21 Å². The first-order valence-corrected chi connectivity index (χ1v) is 9.77. The van der Waals surface area contributed by atoms with Crippen LogP contribution in [0, 0.1) is 6.92 Å². The molecule has 0 saturated carbocycles. The first-order valence-electron chi connectivity index (χ1n) is 8.60. The van der Waals surface area contributed by atoms with Crippen LogP contribution in [0.15, 0.2) is 76.3 Å². The zero-order valence-electron chi connectivity index (χ0n) is 15.4. The molecule has 0 radical (unpaired) electrons. The molecule has 0 aliphatic heterocycles. The molecule has 1 N–H and O–H groups in total. The highest BCUT2D eigenvalue weighted by molar-refractivity contribution is 9.10. The maximum atomic E-state index is 12.4. The standard InChI is InChI=1S/C22H16BrClN2O3/c1-14-5-4-6-15(11-14)21(27)26-25-13-16-12-17(23)9-10-20(16)29-22(28)18-7-2-3-8-19(18)24/h2-13H,1H3,(H,26,27). The fourth-order valence-electron chi connectivity index (χ4n) is 2.51. The number of rotatable bonds is 5. The third-order valence-electron chi connectivity index (χ3n) is 3.92. The summed E-state index contributed by atoms with van der Waals surface area (Å²) in [7, 11) is 0. The lowest BCUT2D eigenvalue weighted by Crippen LogP contribution is -2.17. The van der Waals surface area contributed by atoms with E-state index in [0.29, 0.717) is 16.1 Å². The number of halogens is 2. The number of nitrogens with one attached hydrogen (secondary N) is 1. The van der Waals surface area contributed by atoms with E-state index in [1.807, 2.05) is 13.0 Å². The molecule has 1 amide bonds. The van der Waals surface area contributed by atoms with Gasteiger partial charge in [-0.1, -0.05) is 57.4 Å². The number of hydrogen-bond donors (Lipinski definition) is 1. The zero-order valence-corrected chi connectivity index (χ0v) is 17.7. The number of nitrogens with zero attached hydrogens (tertiary/aromatic N) is 1. The number of hydrogen-bond acceptors (Lipinski definition) is 4. The molecular weight excluding hydrogens is 456 g/mol. The molecule has 7 heteroatoms. The smallest absolute Gasteiger partial charge is 0.345 e. The second-order valence-corrected chi connectivity index (χ2v) is 7.44. The summed E-state index contributed by atoms with van der Waals surface area (Å²) in [5, 5.41) is 4.29. The fraction of sp³-hybridized carbons (Fsp3) is 0.0455. The summed E-state index contributed by atoms with van der Waals surface area (Å²) in [6, 6.07) is 18.9. The average molecular weight is 472 g/mol. The van der Waals surface area contributed by atoms with Crippen molar-refractivity contribution in [2.45, 2.75) is 6.92 Å². The van der Waals surface area contributed by atoms with Crippen molar-refractivity contribution in [3.05, 3.63) is 98.5 Å². The summed E-state index contributed by atoms with van der Waals surface area (Å²) in [5.74, 6) is -0.641. The third-order valence-corrected chi connectivity index (χ3v) is 4.74. The molecule has 0 spiro atoms. The van der Waals surface area contributed by atoms with Crippen molar-refractivity contribution in [3.8, 4) is 5.75 Å². The Morgan fingerprint density at radius 2 is 1.86 bits per heavy atom. The number of hydrazone groups is 1. The molecule has 0 unspecified atom stereocenters. The number of carbonyl (C=O) groups excluding carboxylic acids is 2. The van der Waals surface area contributed by atoms with E-state index in [1.54, 1.807) is 60.7 Å². The highest BCUT2D eigenvalue weighted by atomic mass is 79.9. The molecule has 146 valence electrons. The van der Waals surface area contributed by atoms with E-state index >= 15 is 0 Å². The van der Waals surface area contributed by atoms with Crippen LogP contribution in [0.3, 0.4) is 0 Å². The third kappa shape index (κ3) is 5.53. The minimum Gasteiger partial charge on any atom is -0.422 e. The summed E-state index contributed by atoms with van der Waals surface area (Å²) in [5.41, 5.74) is 4.71. The van der Waals surface area contributed by atoms with Gasteiger partial charge in [-0.05, 0) is 49.4 Å². The Hall–Kier alpha value is -2.96. The lowest BCUT2D eigenvalue weighted by atomic mass is 10.1. The molecule has 29 heavy (non-hydrogen) atoms. The van der Waals surface area contributed by atoms with Crippen LogP contribution in [0.5, 0.6) is 5.75 Å². The van der Waals surface area contributed by atoms with Crippen LogP contribution in [0.2, 0.25) is 5.02 Å². The lowest BCUT2D eigenvalue weighted by molar-refractivity contribution is 0.0734. The minimum absolute atomic E-state index is 0.257. The summed E-state index contributed by atoms with van der Waals surface area (Å²) < 4.78 is 6.24. The van der Waals surface area contributed by atoms with Crippen molar-refractivity contribution < 1.29 is 14.3 Å². The number of ether oxygens (including phenoxy) is 1. The van der Waals surface area contributed by atoms with Crippen molar-refractivity contribution >= 4 is 45.6 Å². The van der Waals surface area contributed by atoms with Crippen LogP contribution in [0.25, 0.3) is 0 Å². The largest absolute Gasteiger partial charge is 0.422 e. The SMILES string of the molecule is Cc1cccc(C(=O)NN=Cc2cc(Br)ccc2OC(=O)c2ccccc2Cl)c1. The van der Waals surface area contributed by atoms with E-state index in [9.17, 15) is 9.59 Å². The highest BCUT2D eigenvalue weighted by Crippen LogP contribution is 2.24. The number of carbonyl (C=O) groups is 2. The Morgan fingerprint density at radius 3 is 2.62 bits per heavy atom. The molecule has 5 nitrogen and oxygen atoms in total. The van der Waals surface area contributed by atoms with Gasteiger partial charge in [0.2, 0.25) is 0 Å². The Balaban J connectivity index is 1.76. The van der Waals surface area contributed by atoms with E-state index in [4.69, 9.17) is 16.3 Å². The summed E-state index contributed by atoms with van der Waals surface area (Å²) >= 11 is 9.43. The monoisotopic (exact) mass is 470 g/mol. The van der Waals surface area contributed by atoms with Crippen LogP contribution in [0.1, 0.15) is 31.8 Å². The Labute approximate surface area is 181 Å². The van der Waals surface area contributed by atoms with E-state index in [0.717, 1.165) is 10.0 Å².